The second kappa shape index (κ2) is 7.49. The lowest BCUT2D eigenvalue weighted by Gasteiger charge is -2.13. The zero-order valence-electron chi connectivity index (χ0n) is 16.2. The summed E-state index contributed by atoms with van der Waals surface area (Å²) in [7, 11) is 0. The number of hydrogen-bond donors (Lipinski definition) is 1. The van der Waals surface area contributed by atoms with E-state index in [2.05, 4.69) is 15.3 Å². The van der Waals surface area contributed by atoms with Gasteiger partial charge in [0.15, 0.2) is 5.58 Å². The maximum atomic E-state index is 12.4. The molecule has 1 aliphatic rings. The van der Waals surface area contributed by atoms with Gasteiger partial charge in [0.05, 0.1) is 11.1 Å². The number of pyridine rings is 1. The van der Waals surface area contributed by atoms with E-state index in [0.717, 1.165) is 10.5 Å². The number of amides is 3. The minimum absolute atomic E-state index is 0.00885. The summed E-state index contributed by atoms with van der Waals surface area (Å²) in [6.07, 6.45) is 3.30. The molecule has 5 rings (SSSR count). The SMILES string of the molecule is O=C(CCN1C(=O)c2ccccc2C1=O)Nc1ccc2nc(-c3ccncc3)oc2c1. The van der Waals surface area contributed by atoms with Crippen molar-refractivity contribution < 1.29 is 18.8 Å². The number of hydrogen-bond acceptors (Lipinski definition) is 6. The third-order valence-corrected chi connectivity index (χ3v) is 5.04. The summed E-state index contributed by atoms with van der Waals surface area (Å²) in [6.45, 7) is 0.00885. The van der Waals surface area contributed by atoms with Crippen molar-refractivity contribution in [1.82, 2.24) is 14.9 Å². The van der Waals surface area contributed by atoms with E-state index in [1.807, 2.05) is 0 Å². The van der Waals surface area contributed by atoms with E-state index in [1.54, 1.807) is 67.0 Å². The van der Waals surface area contributed by atoms with Gasteiger partial charge in [0.1, 0.15) is 5.52 Å². The van der Waals surface area contributed by atoms with Gasteiger partial charge in [-0.1, -0.05) is 12.1 Å². The number of nitrogens with zero attached hydrogens (tertiary/aromatic N) is 3. The van der Waals surface area contributed by atoms with E-state index >= 15 is 0 Å². The summed E-state index contributed by atoms with van der Waals surface area (Å²) in [6, 6.07) is 15.4. The zero-order valence-corrected chi connectivity index (χ0v) is 16.2. The number of fused-ring (bicyclic) bond motifs is 2. The van der Waals surface area contributed by atoms with Crippen molar-refractivity contribution >= 4 is 34.5 Å². The van der Waals surface area contributed by atoms with Gasteiger partial charge in [-0.2, -0.15) is 0 Å². The summed E-state index contributed by atoms with van der Waals surface area (Å²) < 4.78 is 5.79. The average molecular weight is 412 g/mol. The zero-order chi connectivity index (χ0) is 21.4. The Balaban J connectivity index is 1.26. The first-order valence-corrected chi connectivity index (χ1v) is 9.66. The molecular formula is C23H16N4O4. The first kappa shape index (κ1) is 18.7. The number of oxazole rings is 1. The molecule has 8 nitrogen and oxygen atoms in total. The molecule has 0 fully saturated rings. The molecule has 0 saturated carbocycles. The minimum Gasteiger partial charge on any atom is -0.436 e. The lowest BCUT2D eigenvalue weighted by molar-refractivity contribution is -0.116. The summed E-state index contributed by atoms with van der Waals surface area (Å²) in [4.78, 5) is 46.7. The van der Waals surface area contributed by atoms with Crippen LogP contribution in [0.25, 0.3) is 22.6 Å². The van der Waals surface area contributed by atoms with Gasteiger partial charge < -0.3 is 9.73 Å². The van der Waals surface area contributed by atoms with Crippen LogP contribution in [0.15, 0.2) is 71.4 Å². The van der Waals surface area contributed by atoms with Crippen LogP contribution < -0.4 is 5.32 Å². The highest BCUT2D eigenvalue weighted by atomic mass is 16.3. The molecule has 0 aliphatic carbocycles. The van der Waals surface area contributed by atoms with E-state index in [0.29, 0.717) is 33.8 Å². The molecule has 0 atom stereocenters. The molecule has 8 heteroatoms. The number of aromatic nitrogens is 2. The molecule has 0 unspecified atom stereocenters. The van der Waals surface area contributed by atoms with Crippen molar-refractivity contribution in [1.29, 1.82) is 0 Å². The van der Waals surface area contributed by atoms with Crippen LogP contribution in [0.5, 0.6) is 0 Å². The second-order valence-corrected chi connectivity index (χ2v) is 7.04. The Kier molecular flexibility index (Phi) is 4.51. The number of benzene rings is 2. The van der Waals surface area contributed by atoms with E-state index in [9.17, 15) is 14.4 Å². The van der Waals surface area contributed by atoms with E-state index < -0.39 is 0 Å². The van der Waals surface area contributed by atoms with Crippen molar-refractivity contribution in [2.45, 2.75) is 6.42 Å². The Morgan fingerprint density at radius 1 is 0.968 bits per heavy atom. The van der Waals surface area contributed by atoms with Gasteiger partial charge in [0, 0.05) is 42.7 Å². The largest absolute Gasteiger partial charge is 0.436 e. The van der Waals surface area contributed by atoms with Crippen LogP contribution in [-0.2, 0) is 4.79 Å². The predicted octanol–water partition coefficient (Wildman–Crippen LogP) is 3.51. The number of carbonyl (C=O) groups is 3. The summed E-state index contributed by atoms with van der Waals surface area (Å²) in [5, 5.41) is 2.77. The highest BCUT2D eigenvalue weighted by molar-refractivity contribution is 6.21. The Morgan fingerprint density at radius 3 is 2.39 bits per heavy atom. The molecule has 0 bridgehead atoms. The molecule has 31 heavy (non-hydrogen) atoms. The van der Waals surface area contributed by atoms with Crippen LogP contribution in [0.1, 0.15) is 27.1 Å². The van der Waals surface area contributed by atoms with Crippen molar-refractivity contribution in [2.75, 3.05) is 11.9 Å². The van der Waals surface area contributed by atoms with Gasteiger partial charge in [-0.05, 0) is 36.4 Å². The molecule has 0 spiro atoms. The summed E-state index contributed by atoms with van der Waals surface area (Å²) in [5.74, 6) is -0.600. The lowest BCUT2D eigenvalue weighted by Crippen LogP contribution is -2.32. The number of nitrogens with one attached hydrogen (secondary N) is 1. The molecule has 1 N–H and O–H groups in total. The van der Waals surface area contributed by atoms with Crippen LogP contribution >= 0.6 is 0 Å². The van der Waals surface area contributed by atoms with Crippen LogP contribution in [0.3, 0.4) is 0 Å². The number of anilines is 1. The molecular weight excluding hydrogens is 396 g/mol. The maximum Gasteiger partial charge on any atom is 0.261 e. The van der Waals surface area contributed by atoms with E-state index in [4.69, 9.17) is 4.42 Å². The van der Waals surface area contributed by atoms with E-state index in [-0.39, 0.29) is 30.7 Å². The standard InChI is InChI=1S/C23H16N4O4/c28-20(9-12-27-22(29)16-3-1-2-4-17(16)23(27)30)25-15-5-6-18-19(13-15)31-21(26-18)14-7-10-24-11-8-14/h1-8,10-11,13H,9,12H2,(H,25,28). The average Bonchev–Trinajstić information content (AvgIpc) is 3.32. The van der Waals surface area contributed by atoms with Crippen LogP contribution in [-0.4, -0.2) is 39.1 Å². The fourth-order valence-electron chi connectivity index (χ4n) is 3.50. The second-order valence-electron chi connectivity index (χ2n) is 7.04. The Bertz CT molecular complexity index is 1290. The third-order valence-electron chi connectivity index (χ3n) is 5.04. The Labute approximate surface area is 176 Å². The fourth-order valence-corrected chi connectivity index (χ4v) is 3.50. The van der Waals surface area contributed by atoms with Crippen molar-refractivity contribution in [3.63, 3.8) is 0 Å². The van der Waals surface area contributed by atoms with Crippen LogP contribution in [0.4, 0.5) is 5.69 Å². The molecule has 4 aromatic rings. The predicted molar refractivity (Wildman–Crippen MR) is 112 cm³/mol. The molecule has 0 saturated heterocycles. The van der Waals surface area contributed by atoms with Crippen LogP contribution in [0, 0.1) is 0 Å². The van der Waals surface area contributed by atoms with Gasteiger partial charge in [-0.25, -0.2) is 4.98 Å². The van der Waals surface area contributed by atoms with E-state index in [1.165, 1.54) is 0 Å². The molecule has 2 aromatic heterocycles. The smallest absolute Gasteiger partial charge is 0.261 e. The van der Waals surface area contributed by atoms with Crippen molar-refractivity contribution in [2.24, 2.45) is 0 Å². The molecule has 1 aliphatic heterocycles. The lowest BCUT2D eigenvalue weighted by atomic mass is 10.1. The molecule has 0 radical (unpaired) electrons. The number of rotatable bonds is 5. The molecule has 3 amide bonds. The van der Waals surface area contributed by atoms with Crippen molar-refractivity contribution in [3.05, 3.63) is 78.1 Å². The molecule has 2 aromatic carbocycles. The molecule has 3 heterocycles. The highest BCUT2D eigenvalue weighted by Gasteiger charge is 2.34. The first-order valence-electron chi connectivity index (χ1n) is 9.66. The quantitative estimate of drug-likeness (QED) is 0.503. The maximum absolute atomic E-state index is 12.4. The third kappa shape index (κ3) is 3.44. The normalized spacial score (nSPS) is 13.0. The summed E-state index contributed by atoms with van der Waals surface area (Å²) >= 11 is 0. The Morgan fingerprint density at radius 2 is 1.68 bits per heavy atom. The van der Waals surface area contributed by atoms with Gasteiger partial charge in [-0.15, -0.1) is 0 Å². The van der Waals surface area contributed by atoms with Crippen molar-refractivity contribution in [3.8, 4) is 11.5 Å². The number of carbonyl (C=O) groups excluding carboxylic acids is 3. The topological polar surface area (TPSA) is 105 Å². The van der Waals surface area contributed by atoms with Gasteiger partial charge in [0.2, 0.25) is 11.8 Å². The summed E-state index contributed by atoms with van der Waals surface area (Å²) in [5.41, 5.74) is 3.28. The molecule has 152 valence electrons. The fraction of sp³-hybridized carbons (Fsp3) is 0.0870. The monoisotopic (exact) mass is 412 g/mol. The van der Waals surface area contributed by atoms with Gasteiger partial charge in [-0.3, -0.25) is 24.3 Å². The first-order chi connectivity index (χ1) is 15.1. The highest BCUT2D eigenvalue weighted by Crippen LogP contribution is 2.26. The minimum atomic E-state index is -0.375. The van der Waals surface area contributed by atoms with Gasteiger partial charge in [0.25, 0.3) is 11.8 Å². The Hall–Kier alpha value is -4.33. The van der Waals surface area contributed by atoms with Crippen LogP contribution in [0.2, 0.25) is 0 Å². The van der Waals surface area contributed by atoms with Gasteiger partial charge >= 0.3 is 0 Å². The number of imide groups is 1.